The predicted octanol–water partition coefficient (Wildman–Crippen LogP) is 3.47. The maximum absolute atomic E-state index is 12.0. The number of hydrogen-bond donors (Lipinski definition) is 3. The van der Waals surface area contributed by atoms with Crippen LogP contribution in [0.5, 0.6) is 0 Å². The maximum Gasteiger partial charge on any atom is 0.414 e. The smallest absolute Gasteiger partial charge is 0.414 e. The summed E-state index contributed by atoms with van der Waals surface area (Å²) in [6, 6.07) is 9.46. The van der Waals surface area contributed by atoms with Gasteiger partial charge in [-0.3, -0.25) is 10.6 Å². The summed E-state index contributed by atoms with van der Waals surface area (Å²) in [4.78, 5) is 28.1. The molecule has 1 unspecified atom stereocenters. The molecule has 3 N–H and O–H groups in total. The minimum Gasteiger partial charge on any atom is -0.444 e. The number of carbonyl (C=O) groups excluding carboxylic acids is 2. The molecule has 0 aromatic heterocycles. The number of nitrogens with one attached hydrogen (secondary N) is 2. The second-order valence-corrected chi connectivity index (χ2v) is 8.28. The second kappa shape index (κ2) is 10.6. The fourth-order valence-electron chi connectivity index (χ4n) is 1.94. The van der Waals surface area contributed by atoms with Crippen LogP contribution < -0.4 is 10.6 Å². The Morgan fingerprint density at radius 2 is 1.48 bits per heavy atom. The molecule has 1 rings (SSSR count). The van der Waals surface area contributed by atoms with E-state index in [1.54, 1.807) is 53.7 Å². The van der Waals surface area contributed by atoms with Crippen molar-refractivity contribution in [3.63, 3.8) is 0 Å². The summed E-state index contributed by atoms with van der Waals surface area (Å²) in [6.45, 7) is 10.2. The molecule has 1 aromatic carbocycles. The number of aliphatic hydroxyl groups is 1. The lowest BCUT2D eigenvalue weighted by Gasteiger charge is -2.22. The van der Waals surface area contributed by atoms with Crippen molar-refractivity contribution in [2.75, 3.05) is 6.54 Å². The molecule has 0 aliphatic rings. The van der Waals surface area contributed by atoms with Gasteiger partial charge in [0.25, 0.3) is 0 Å². The van der Waals surface area contributed by atoms with E-state index in [1.807, 2.05) is 30.3 Å². The third-order valence-corrected chi connectivity index (χ3v) is 2.99. The number of rotatable bonds is 4. The number of amides is 2. The van der Waals surface area contributed by atoms with Crippen LogP contribution in [0.2, 0.25) is 0 Å². The van der Waals surface area contributed by atoms with E-state index in [0.717, 1.165) is 5.56 Å². The molecule has 2 amide bonds. The number of benzene rings is 1. The zero-order valence-corrected chi connectivity index (χ0v) is 17.9. The SMILES string of the molecule is CC(C)(C)OC(=O)NC(=NCC(O)/C=C/c1ccccc1)NC(=O)OC(C)(C)C. The Labute approximate surface area is 172 Å². The van der Waals surface area contributed by atoms with Gasteiger partial charge in [-0.2, -0.15) is 0 Å². The van der Waals surface area contributed by atoms with Gasteiger partial charge in [-0.05, 0) is 47.1 Å². The van der Waals surface area contributed by atoms with Gasteiger partial charge in [-0.15, -0.1) is 0 Å². The summed E-state index contributed by atoms with van der Waals surface area (Å²) < 4.78 is 10.3. The molecular formula is C21H31N3O5. The van der Waals surface area contributed by atoms with Crippen molar-refractivity contribution in [3.8, 4) is 0 Å². The molecule has 0 bridgehead atoms. The van der Waals surface area contributed by atoms with Gasteiger partial charge >= 0.3 is 12.2 Å². The van der Waals surface area contributed by atoms with E-state index in [9.17, 15) is 14.7 Å². The van der Waals surface area contributed by atoms with Gasteiger partial charge < -0.3 is 14.6 Å². The highest BCUT2D eigenvalue weighted by atomic mass is 16.6. The Morgan fingerprint density at radius 3 is 1.93 bits per heavy atom. The first-order chi connectivity index (χ1) is 13.3. The molecule has 0 heterocycles. The molecule has 0 fully saturated rings. The van der Waals surface area contributed by atoms with E-state index in [1.165, 1.54) is 0 Å². The molecule has 0 aliphatic carbocycles. The minimum absolute atomic E-state index is 0.0930. The molecule has 0 aliphatic heterocycles. The molecule has 8 heteroatoms. The van der Waals surface area contributed by atoms with E-state index >= 15 is 0 Å². The van der Waals surface area contributed by atoms with Crippen LogP contribution in [-0.2, 0) is 9.47 Å². The molecule has 29 heavy (non-hydrogen) atoms. The highest BCUT2D eigenvalue weighted by Gasteiger charge is 2.21. The van der Waals surface area contributed by atoms with Crippen LogP contribution in [0.15, 0.2) is 41.4 Å². The Bertz CT molecular complexity index is 699. The van der Waals surface area contributed by atoms with Gasteiger partial charge in [-0.1, -0.05) is 42.5 Å². The highest BCUT2D eigenvalue weighted by molar-refractivity contribution is 6.01. The van der Waals surface area contributed by atoms with Gasteiger partial charge in [0.05, 0.1) is 12.6 Å². The van der Waals surface area contributed by atoms with Crippen molar-refractivity contribution in [3.05, 3.63) is 42.0 Å². The normalized spacial score (nSPS) is 12.8. The minimum atomic E-state index is -0.925. The molecule has 1 aromatic rings. The molecule has 0 saturated heterocycles. The van der Waals surface area contributed by atoms with Crippen molar-refractivity contribution >= 4 is 24.2 Å². The molecule has 0 saturated carbocycles. The Balaban J connectivity index is 2.80. The first-order valence-corrected chi connectivity index (χ1v) is 9.30. The van der Waals surface area contributed by atoms with Crippen molar-refractivity contribution < 1.29 is 24.2 Å². The van der Waals surface area contributed by atoms with E-state index < -0.39 is 29.5 Å². The first-order valence-electron chi connectivity index (χ1n) is 9.30. The average molecular weight is 405 g/mol. The lowest BCUT2D eigenvalue weighted by Crippen LogP contribution is -2.47. The number of ether oxygens (including phenoxy) is 2. The summed E-state index contributed by atoms with van der Waals surface area (Å²) in [5.74, 6) is -0.180. The molecule has 0 spiro atoms. The van der Waals surface area contributed by atoms with Crippen LogP contribution in [0.25, 0.3) is 6.08 Å². The van der Waals surface area contributed by atoms with Crippen molar-refractivity contribution in [2.24, 2.45) is 4.99 Å². The molecule has 0 radical (unpaired) electrons. The number of aliphatic hydroxyl groups excluding tert-OH is 1. The average Bonchev–Trinajstić information content (AvgIpc) is 2.55. The van der Waals surface area contributed by atoms with Gasteiger partial charge in [0.2, 0.25) is 5.96 Å². The van der Waals surface area contributed by atoms with Crippen molar-refractivity contribution in [1.29, 1.82) is 0 Å². The van der Waals surface area contributed by atoms with E-state index in [0.29, 0.717) is 0 Å². The number of hydrogen-bond acceptors (Lipinski definition) is 6. The van der Waals surface area contributed by atoms with Gasteiger partial charge in [-0.25, -0.2) is 14.6 Å². The standard InChI is InChI=1S/C21H31N3O5/c1-20(2,3)28-18(26)23-17(24-19(27)29-21(4,5)6)22-14-16(25)13-12-15-10-8-7-9-11-15/h7-13,16,25H,14H2,1-6H3,(H2,22,23,24,26,27)/b13-12+. The lowest BCUT2D eigenvalue weighted by molar-refractivity contribution is 0.0544. The van der Waals surface area contributed by atoms with Crippen LogP contribution in [0.4, 0.5) is 9.59 Å². The van der Waals surface area contributed by atoms with Crippen molar-refractivity contribution in [2.45, 2.75) is 58.8 Å². The van der Waals surface area contributed by atoms with E-state index in [4.69, 9.17) is 9.47 Å². The number of guanidine groups is 1. The first kappa shape index (κ1) is 24.2. The second-order valence-electron chi connectivity index (χ2n) is 8.28. The summed E-state index contributed by atoms with van der Waals surface area (Å²) in [5.41, 5.74) is -0.521. The third-order valence-electron chi connectivity index (χ3n) is 2.99. The summed E-state index contributed by atoms with van der Waals surface area (Å²) in [5, 5.41) is 14.8. The zero-order valence-electron chi connectivity index (χ0n) is 17.9. The van der Waals surface area contributed by atoms with Gasteiger partial charge in [0, 0.05) is 0 Å². The summed E-state index contributed by atoms with van der Waals surface area (Å²) in [6.07, 6.45) is 0.814. The summed E-state index contributed by atoms with van der Waals surface area (Å²) in [7, 11) is 0. The van der Waals surface area contributed by atoms with Gasteiger partial charge in [0.15, 0.2) is 0 Å². The van der Waals surface area contributed by atoms with Crippen LogP contribution in [-0.4, -0.2) is 47.1 Å². The molecule has 1 atom stereocenters. The number of alkyl carbamates (subject to hydrolysis) is 2. The van der Waals surface area contributed by atoms with E-state index in [2.05, 4.69) is 15.6 Å². The number of nitrogens with zero attached hydrogens (tertiary/aromatic N) is 1. The maximum atomic E-state index is 12.0. The van der Waals surface area contributed by atoms with Gasteiger partial charge in [0.1, 0.15) is 11.2 Å². The Hall–Kier alpha value is -2.87. The third kappa shape index (κ3) is 12.2. The topological polar surface area (TPSA) is 109 Å². The fraction of sp³-hybridized carbons (Fsp3) is 0.476. The summed E-state index contributed by atoms with van der Waals surface area (Å²) >= 11 is 0. The molecule has 160 valence electrons. The molecule has 8 nitrogen and oxygen atoms in total. The monoisotopic (exact) mass is 405 g/mol. The zero-order chi connectivity index (χ0) is 22.1. The Kier molecular flexibility index (Phi) is 8.85. The van der Waals surface area contributed by atoms with Crippen LogP contribution in [0, 0.1) is 0 Å². The quantitative estimate of drug-likeness (QED) is 0.525. The lowest BCUT2D eigenvalue weighted by atomic mass is 10.2. The number of aliphatic imine (C=N–C) groups is 1. The van der Waals surface area contributed by atoms with E-state index in [-0.39, 0.29) is 12.5 Å². The van der Waals surface area contributed by atoms with Crippen LogP contribution in [0.3, 0.4) is 0 Å². The fourth-order valence-corrected chi connectivity index (χ4v) is 1.94. The predicted molar refractivity (Wildman–Crippen MR) is 113 cm³/mol. The highest BCUT2D eigenvalue weighted by Crippen LogP contribution is 2.08. The Morgan fingerprint density at radius 1 is 1.00 bits per heavy atom. The van der Waals surface area contributed by atoms with Crippen LogP contribution >= 0.6 is 0 Å². The van der Waals surface area contributed by atoms with Crippen molar-refractivity contribution in [1.82, 2.24) is 10.6 Å². The van der Waals surface area contributed by atoms with Crippen LogP contribution in [0.1, 0.15) is 47.1 Å². The molecular weight excluding hydrogens is 374 g/mol. The number of carbonyl (C=O) groups is 2. The largest absolute Gasteiger partial charge is 0.444 e.